The normalized spacial score (nSPS) is 13.1. The van der Waals surface area contributed by atoms with Crippen LogP contribution in [0.4, 0.5) is 17.6 Å². The Morgan fingerprint density at radius 3 is 1.19 bits per heavy atom. The van der Waals surface area contributed by atoms with E-state index in [4.69, 9.17) is 10.2 Å². The van der Waals surface area contributed by atoms with Crippen LogP contribution in [0.15, 0.2) is 0 Å². The summed E-state index contributed by atoms with van der Waals surface area (Å²) in [6.45, 7) is -0.543. The molecule has 6 heteroatoms. The fourth-order valence-corrected chi connectivity index (χ4v) is 1.28. The Labute approximate surface area is 92.3 Å². The van der Waals surface area contributed by atoms with E-state index in [1.807, 2.05) is 0 Å². The van der Waals surface area contributed by atoms with E-state index in [-0.39, 0.29) is 38.9 Å². The molecular formula is C10H18F4O2. The molecule has 0 saturated heterocycles. The molecule has 0 spiro atoms. The fraction of sp³-hybridized carbons (Fsp3) is 1.00. The van der Waals surface area contributed by atoms with Crippen molar-refractivity contribution in [3.05, 3.63) is 0 Å². The lowest BCUT2D eigenvalue weighted by Gasteiger charge is -2.26. The maximum Gasteiger partial charge on any atom is 0.310 e. The number of halogens is 4. The van der Waals surface area contributed by atoms with E-state index in [1.165, 1.54) is 0 Å². The molecule has 0 radical (unpaired) electrons. The van der Waals surface area contributed by atoms with E-state index in [0.717, 1.165) is 0 Å². The molecule has 2 nitrogen and oxygen atoms in total. The predicted octanol–water partition coefficient (Wildman–Crippen LogP) is 2.58. The number of rotatable bonds is 9. The van der Waals surface area contributed by atoms with Crippen molar-refractivity contribution in [3.63, 3.8) is 0 Å². The van der Waals surface area contributed by atoms with E-state index in [9.17, 15) is 17.6 Å². The summed E-state index contributed by atoms with van der Waals surface area (Å²) in [6.07, 6.45) is -1.89. The monoisotopic (exact) mass is 246 g/mol. The molecule has 0 aliphatic heterocycles. The van der Waals surface area contributed by atoms with Crippen molar-refractivity contribution in [1.29, 1.82) is 0 Å². The summed E-state index contributed by atoms with van der Waals surface area (Å²) in [4.78, 5) is 0. The zero-order valence-corrected chi connectivity index (χ0v) is 9.06. The minimum atomic E-state index is -4.03. The van der Waals surface area contributed by atoms with Crippen molar-refractivity contribution in [2.75, 3.05) is 13.2 Å². The lowest BCUT2D eigenvalue weighted by atomic mass is 10.00. The summed E-state index contributed by atoms with van der Waals surface area (Å²) in [5.74, 6) is -8.06. The van der Waals surface area contributed by atoms with Crippen molar-refractivity contribution in [3.8, 4) is 0 Å². The lowest BCUT2D eigenvalue weighted by Crippen LogP contribution is -2.40. The number of alkyl halides is 4. The highest BCUT2D eigenvalue weighted by Crippen LogP contribution is 2.41. The number of aliphatic hydroxyl groups is 2. The first-order chi connectivity index (χ1) is 7.37. The molecule has 0 aliphatic rings. The Morgan fingerprint density at radius 1 is 0.625 bits per heavy atom. The molecule has 0 bridgehead atoms. The van der Waals surface area contributed by atoms with Crippen LogP contribution in [0.2, 0.25) is 0 Å². The number of unbranched alkanes of at least 4 members (excludes halogenated alkanes) is 2. The van der Waals surface area contributed by atoms with Gasteiger partial charge in [0.15, 0.2) is 0 Å². The Bertz CT molecular complexity index is 166. The van der Waals surface area contributed by atoms with Crippen LogP contribution in [0.5, 0.6) is 0 Å². The summed E-state index contributed by atoms with van der Waals surface area (Å²) in [6, 6.07) is 0. The Balaban J connectivity index is 4.11. The molecule has 0 aromatic carbocycles. The first-order valence-corrected chi connectivity index (χ1v) is 5.35. The quantitative estimate of drug-likeness (QED) is 0.485. The maximum atomic E-state index is 13.1. The van der Waals surface area contributed by atoms with Gasteiger partial charge in [-0.15, -0.1) is 0 Å². The molecule has 0 aromatic rings. The molecule has 0 aromatic heterocycles. The molecule has 0 amide bonds. The van der Waals surface area contributed by atoms with Crippen molar-refractivity contribution in [2.45, 2.75) is 50.4 Å². The molecule has 0 aliphatic carbocycles. The SMILES string of the molecule is OCCCCC(F)(F)C(F)(F)CCCCO. The van der Waals surface area contributed by atoms with Gasteiger partial charge in [-0.2, -0.15) is 17.6 Å². The second kappa shape index (κ2) is 7.06. The van der Waals surface area contributed by atoms with Crippen molar-refractivity contribution in [2.24, 2.45) is 0 Å². The second-order valence-corrected chi connectivity index (χ2v) is 3.77. The van der Waals surface area contributed by atoms with Gasteiger partial charge < -0.3 is 10.2 Å². The van der Waals surface area contributed by atoms with E-state index in [0.29, 0.717) is 0 Å². The van der Waals surface area contributed by atoms with Crippen molar-refractivity contribution >= 4 is 0 Å². The third-order valence-corrected chi connectivity index (χ3v) is 2.33. The zero-order chi connectivity index (χ0) is 12.7. The van der Waals surface area contributed by atoms with Gasteiger partial charge in [-0.05, 0) is 25.7 Å². The van der Waals surface area contributed by atoms with Gasteiger partial charge >= 0.3 is 11.8 Å². The molecule has 0 atom stereocenters. The van der Waals surface area contributed by atoms with E-state index >= 15 is 0 Å². The first-order valence-electron chi connectivity index (χ1n) is 5.35. The minimum Gasteiger partial charge on any atom is -0.396 e. The van der Waals surface area contributed by atoms with Crippen LogP contribution in [0.1, 0.15) is 38.5 Å². The molecule has 0 rings (SSSR count). The van der Waals surface area contributed by atoms with Gasteiger partial charge in [0.2, 0.25) is 0 Å². The van der Waals surface area contributed by atoms with Gasteiger partial charge in [0.25, 0.3) is 0 Å². The van der Waals surface area contributed by atoms with E-state index < -0.39 is 24.7 Å². The van der Waals surface area contributed by atoms with Crippen molar-refractivity contribution in [1.82, 2.24) is 0 Å². The molecule has 0 saturated carbocycles. The third kappa shape index (κ3) is 5.12. The summed E-state index contributed by atoms with van der Waals surface area (Å²) < 4.78 is 52.2. The lowest BCUT2D eigenvalue weighted by molar-refractivity contribution is -0.216. The van der Waals surface area contributed by atoms with Gasteiger partial charge in [0, 0.05) is 26.1 Å². The van der Waals surface area contributed by atoms with Gasteiger partial charge in [-0.25, -0.2) is 0 Å². The average molecular weight is 246 g/mol. The molecule has 0 unspecified atom stereocenters. The average Bonchev–Trinajstić information content (AvgIpc) is 2.18. The van der Waals surface area contributed by atoms with Crippen LogP contribution >= 0.6 is 0 Å². The molecule has 2 N–H and O–H groups in total. The molecule has 0 heterocycles. The highest BCUT2D eigenvalue weighted by Gasteiger charge is 2.54. The van der Waals surface area contributed by atoms with Crippen LogP contribution in [0.25, 0.3) is 0 Å². The molecule has 0 fully saturated rings. The first kappa shape index (κ1) is 15.6. The van der Waals surface area contributed by atoms with E-state index in [2.05, 4.69) is 0 Å². The highest BCUT2D eigenvalue weighted by molar-refractivity contribution is 4.84. The van der Waals surface area contributed by atoms with E-state index in [1.54, 1.807) is 0 Å². The Morgan fingerprint density at radius 2 is 0.938 bits per heavy atom. The van der Waals surface area contributed by atoms with Gasteiger partial charge in [-0.1, -0.05) is 0 Å². The van der Waals surface area contributed by atoms with Crippen LogP contribution < -0.4 is 0 Å². The smallest absolute Gasteiger partial charge is 0.310 e. The summed E-state index contributed by atoms with van der Waals surface area (Å²) >= 11 is 0. The topological polar surface area (TPSA) is 40.5 Å². The molecule has 98 valence electrons. The highest BCUT2D eigenvalue weighted by atomic mass is 19.3. The maximum absolute atomic E-state index is 13.1. The van der Waals surface area contributed by atoms with Gasteiger partial charge in [0.05, 0.1) is 0 Å². The Hall–Kier alpha value is -0.360. The number of aliphatic hydroxyl groups excluding tert-OH is 2. The largest absolute Gasteiger partial charge is 0.396 e. The molecule has 16 heavy (non-hydrogen) atoms. The summed E-state index contributed by atoms with van der Waals surface area (Å²) in [5.41, 5.74) is 0. The fourth-order valence-electron chi connectivity index (χ4n) is 1.28. The number of hydrogen-bond acceptors (Lipinski definition) is 2. The van der Waals surface area contributed by atoms with Crippen LogP contribution in [-0.2, 0) is 0 Å². The van der Waals surface area contributed by atoms with Crippen LogP contribution in [0.3, 0.4) is 0 Å². The molecular weight excluding hydrogens is 228 g/mol. The zero-order valence-electron chi connectivity index (χ0n) is 9.06. The Kier molecular flexibility index (Phi) is 6.90. The summed E-state index contributed by atoms with van der Waals surface area (Å²) in [5, 5.41) is 16.8. The predicted molar refractivity (Wildman–Crippen MR) is 51.8 cm³/mol. The standard InChI is InChI=1S/C10H18F4O2/c11-9(12,5-1-3-7-15)10(13,14)6-2-4-8-16/h15-16H,1-8H2. The van der Waals surface area contributed by atoms with Gasteiger partial charge in [0.1, 0.15) is 0 Å². The third-order valence-electron chi connectivity index (χ3n) is 2.33. The van der Waals surface area contributed by atoms with Crippen molar-refractivity contribution < 1.29 is 27.8 Å². The van der Waals surface area contributed by atoms with Crippen LogP contribution in [0, 0.1) is 0 Å². The van der Waals surface area contributed by atoms with Crippen LogP contribution in [-0.4, -0.2) is 35.3 Å². The minimum absolute atomic E-state index is 0.0995. The number of hydrogen-bond donors (Lipinski definition) is 2. The second-order valence-electron chi connectivity index (χ2n) is 3.77. The summed E-state index contributed by atoms with van der Waals surface area (Å²) in [7, 11) is 0. The van der Waals surface area contributed by atoms with Gasteiger partial charge in [-0.3, -0.25) is 0 Å².